The fourth-order valence-electron chi connectivity index (χ4n) is 0.215. The molecule has 0 spiro atoms. The van der Waals surface area contributed by atoms with Gasteiger partial charge in [-0.1, -0.05) is 6.92 Å². The van der Waals surface area contributed by atoms with Crippen molar-refractivity contribution in [1.29, 1.82) is 0 Å². The highest BCUT2D eigenvalue weighted by atomic mass is 35.5. The van der Waals surface area contributed by atoms with Crippen LogP contribution in [0.25, 0.3) is 0 Å². The first kappa shape index (κ1) is 7.69. The summed E-state index contributed by atoms with van der Waals surface area (Å²) < 4.78 is 15.5. The number of carbonyl (C=O) groups excluding carboxylic acids is 1. The predicted molar refractivity (Wildman–Crippen MR) is 27.1 cm³/mol. The van der Waals surface area contributed by atoms with Gasteiger partial charge in [-0.25, -0.2) is 9.18 Å². The monoisotopic (exact) mass is 140 g/mol. The van der Waals surface area contributed by atoms with Crippen LogP contribution in [0, 0.1) is 0 Å². The van der Waals surface area contributed by atoms with E-state index in [1.165, 1.54) is 6.92 Å². The summed E-state index contributed by atoms with van der Waals surface area (Å²) >= 11 is 4.54. The number of halogens is 2. The molecule has 2 nitrogen and oxygen atoms in total. The van der Waals surface area contributed by atoms with E-state index in [2.05, 4.69) is 16.2 Å². The topological polar surface area (TPSA) is 26.3 Å². The molecule has 0 amide bonds. The first-order chi connectivity index (χ1) is 3.72. The van der Waals surface area contributed by atoms with Crippen LogP contribution in [0.4, 0.5) is 4.39 Å². The van der Waals surface area contributed by atoms with Gasteiger partial charge in [0, 0.05) is 0 Å². The second-order valence-electron chi connectivity index (χ2n) is 1.27. The van der Waals surface area contributed by atoms with Crippen LogP contribution >= 0.6 is 11.9 Å². The van der Waals surface area contributed by atoms with E-state index in [1.54, 1.807) is 0 Å². The van der Waals surface area contributed by atoms with E-state index in [-0.39, 0.29) is 6.42 Å². The number of alkyl halides is 1. The highest BCUT2D eigenvalue weighted by Gasteiger charge is 2.14. The molecule has 48 valence electrons. The van der Waals surface area contributed by atoms with E-state index >= 15 is 0 Å². The second-order valence-corrected chi connectivity index (χ2v) is 1.43. The van der Waals surface area contributed by atoms with Crippen molar-refractivity contribution in [3.8, 4) is 0 Å². The summed E-state index contributed by atoms with van der Waals surface area (Å²) in [5.74, 6) is -1.02. The number of carbonyl (C=O) groups is 1. The van der Waals surface area contributed by atoms with Crippen molar-refractivity contribution >= 4 is 17.8 Å². The molecule has 0 radical (unpaired) electrons. The van der Waals surface area contributed by atoms with E-state index in [4.69, 9.17) is 0 Å². The molecule has 0 aliphatic heterocycles. The Hall–Kier alpha value is -0.310. The maximum absolute atomic E-state index is 12.0. The molecule has 0 aromatic rings. The number of hydrogen-bond donors (Lipinski definition) is 0. The Morgan fingerprint density at radius 1 is 2.00 bits per heavy atom. The molecular formula is C4H6ClFO2. The lowest BCUT2D eigenvalue weighted by Gasteiger charge is -1.96. The first-order valence-electron chi connectivity index (χ1n) is 2.18. The van der Waals surface area contributed by atoms with Gasteiger partial charge in [-0.05, 0) is 6.42 Å². The Kier molecular flexibility index (Phi) is 3.52. The molecule has 1 unspecified atom stereocenters. The van der Waals surface area contributed by atoms with E-state index < -0.39 is 12.1 Å². The van der Waals surface area contributed by atoms with Gasteiger partial charge in [0.05, 0.1) is 0 Å². The van der Waals surface area contributed by atoms with Gasteiger partial charge < -0.3 is 4.29 Å². The van der Waals surface area contributed by atoms with E-state index in [0.717, 1.165) is 0 Å². The minimum atomic E-state index is -1.58. The Morgan fingerprint density at radius 3 is 2.62 bits per heavy atom. The Morgan fingerprint density at radius 2 is 2.50 bits per heavy atom. The molecule has 4 heteroatoms. The minimum Gasteiger partial charge on any atom is -0.345 e. The van der Waals surface area contributed by atoms with E-state index in [1.807, 2.05) is 0 Å². The first-order valence-corrected chi connectivity index (χ1v) is 2.49. The largest absolute Gasteiger partial charge is 0.358 e. The average molecular weight is 141 g/mol. The maximum atomic E-state index is 12.0. The molecular weight excluding hydrogens is 134 g/mol. The van der Waals surface area contributed by atoms with Crippen molar-refractivity contribution in [3.63, 3.8) is 0 Å². The fraction of sp³-hybridized carbons (Fsp3) is 0.750. The summed E-state index contributed by atoms with van der Waals surface area (Å²) in [6.45, 7) is 1.53. The van der Waals surface area contributed by atoms with Crippen LogP contribution in [0.15, 0.2) is 0 Å². The highest BCUT2D eigenvalue weighted by molar-refractivity contribution is 6.13. The quantitative estimate of drug-likeness (QED) is 0.580. The van der Waals surface area contributed by atoms with Crippen molar-refractivity contribution < 1.29 is 13.5 Å². The van der Waals surface area contributed by atoms with Crippen LogP contribution in [0.1, 0.15) is 13.3 Å². The summed E-state index contributed by atoms with van der Waals surface area (Å²) in [6, 6.07) is 0. The Balaban J connectivity index is 3.46. The standard InChI is InChI=1S/C4H6ClFO2/c1-2-3(6)4(7)8-5/h3H,2H2,1H3. The molecule has 0 N–H and O–H groups in total. The normalized spacial score (nSPS) is 12.9. The van der Waals surface area contributed by atoms with Gasteiger partial charge in [0.1, 0.15) is 11.9 Å². The van der Waals surface area contributed by atoms with Crippen LogP contribution in [-0.2, 0) is 9.08 Å². The van der Waals surface area contributed by atoms with Crippen molar-refractivity contribution in [2.45, 2.75) is 19.5 Å². The van der Waals surface area contributed by atoms with Gasteiger partial charge in [-0.3, -0.25) is 0 Å². The van der Waals surface area contributed by atoms with Crippen LogP contribution < -0.4 is 0 Å². The Labute approximate surface area is 51.8 Å². The summed E-state index contributed by atoms with van der Waals surface area (Å²) in [5.41, 5.74) is 0. The van der Waals surface area contributed by atoms with Crippen molar-refractivity contribution in [3.05, 3.63) is 0 Å². The maximum Gasteiger partial charge on any atom is 0.358 e. The smallest absolute Gasteiger partial charge is 0.345 e. The molecule has 0 saturated heterocycles. The zero-order valence-corrected chi connectivity index (χ0v) is 5.11. The van der Waals surface area contributed by atoms with Crippen LogP contribution in [0.2, 0.25) is 0 Å². The third kappa shape index (κ3) is 2.12. The lowest BCUT2D eigenvalue weighted by molar-refractivity contribution is -0.139. The van der Waals surface area contributed by atoms with Gasteiger partial charge in [-0.15, -0.1) is 0 Å². The third-order valence-electron chi connectivity index (χ3n) is 0.690. The fourth-order valence-corrected chi connectivity index (χ4v) is 0.312. The van der Waals surface area contributed by atoms with Crippen molar-refractivity contribution in [2.24, 2.45) is 0 Å². The zero-order valence-electron chi connectivity index (χ0n) is 4.36. The number of rotatable bonds is 2. The van der Waals surface area contributed by atoms with Crippen LogP contribution in [0.3, 0.4) is 0 Å². The molecule has 0 rings (SSSR count). The van der Waals surface area contributed by atoms with E-state index in [0.29, 0.717) is 0 Å². The van der Waals surface area contributed by atoms with Crippen LogP contribution in [0.5, 0.6) is 0 Å². The molecule has 8 heavy (non-hydrogen) atoms. The molecule has 0 aromatic heterocycles. The van der Waals surface area contributed by atoms with Crippen LogP contribution in [-0.4, -0.2) is 12.1 Å². The molecule has 0 aliphatic rings. The minimum absolute atomic E-state index is 0.103. The van der Waals surface area contributed by atoms with Crippen molar-refractivity contribution in [1.82, 2.24) is 0 Å². The number of hydrogen-bond acceptors (Lipinski definition) is 2. The Bertz CT molecular complexity index is 86.1. The molecule has 0 aromatic carbocycles. The third-order valence-corrected chi connectivity index (χ3v) is 0.842. The van der Waals surface area contributed by atoms with Gasteiger partial charge >= 0.3 is 5.97 Å². The lowest BCUT2D eigenvalue weighted by Crippen LogP contribution is -2.13. The zero-order chi connectivity index (χ0) is 6.57. The molecule has 0 bridgehead atoms. The molecule has 0 saturated carbocycles. The van der Waals surface area contributed by atoms with Gasteiger partial charge in [0.2, 0.25) is 0 Å². The summed E-state index contributed by atoms with van der Waals surface area (Å²) in [6.07, 6.45) is -1.47. The average Bonchev–Trinajstić information content (AvgIpc) is 1.84. The molecule has 0 fully saturated rings. The lowest BCUT2D eigenvalue weighted by atomic mass is 10.3. The van der Waals surface area contributed by atoms with Gasteiger partial charge in [0.25, 0.3) is 0 Å². The summed E-state index contributed by atoms with van der Waals surface area (Å²) in [5, 5.41) is 0. The second kappa shape index (κ2) is 3.66. The molecule has 0 heterocycles. The summed E-state index contributed by atoms with van der Waals surface area (Å²) in [7, 11) is 0. The van der Waals surface area contributed by atoms with E-state index in [9.17, 15) is 9.18 Å². The molecule has 1 atom stereocenters. The predicted octanol–water partition coefficient (Wildman–Crippen LogP) is 1.43. The highest BCUT2D eigenvalue weighted by Crippen LogP contribution is 1.99. The molecule has 0 aliphatic carbocycles. The van der Waals surface area contributed by atoms with Gasteiger partial charge in [0.15, 0.2) is 6.17 Å². The van der Waals surface area contributed by atoms with Gasteiger partial charge in [-0.2, -0.15) is 0 Å². The van der Waals surface area contributed by atoms with Crippen molar-refractivity contribution in [2.75, 3.05) is 0 Å². The SMILES string of the molecule is CCC(F)C(=O)OCl. The summed E-state index contributed by atoms with van der Waals surface area (Å²) in [4.78, 5) is 10.0.